The minimum Gasteiger partial charge on any atom is -0.493 e. The van der Waals surface area contributed by atoms with E-state index < -0.39 is 0 Å². The maximum atomic E-state index is 11.7. The molecule has 0 saturated carbocycles. The Balaban J connectivity index is 1.73. The van der Waals surface area contributed by atoms with Crippen LogP contribution in [-0.4, -0.2) is 12.6 Å². The largest absolute Gasteiger partial charge is 0.493 e. The van der Waals surface area contributed by atoms with E-state index in [0.29, 0.717) is 11.4 Å². The van der Waals surface area contributed by atoms with E-state index in [4.69, 9.17) is 15.2 Å². The molecule has 0 heterocycles. The van der Waals surface area contributed by atoms with E-state index in [-0.39, 0.29) is 25.1 Å². The highest BCUT2D eigenvalue weighted by Crippen LogP contribution is 2.17. The van der Waals surface area contributed by atoms with Gasteiger partial charge in [0.2, 0.25) is 0 Å². The predicted octanol–water partition coefficient (Wildman–Crippen LogP) is 3.34. The van der Waals surface area contributed by atoms with Gasteiger partial charge in [0.05, 0.1) is 13.0 Å². The third-order valence-corrected chi connectivity index (χ3v) is 3.03. The number of rotatable bonds is 6. The summed E-state index contributed by atoms with van der Waals surface area (Å²) >= 11 is 0. The van der Waals surface area contributed by atoms with E-state index in [0.717, 1.165) is 5.56 Å². The molecule has 0 amide bonds. The van der Waals surface area contributed by atoms with E-state index in [9.17, 15) is 4.79 Å². The maximum absolute atomic E-state index is 11.7. The molecule has 2 aromatic carbocycles. The van der Waals surface area contributed by atoms with Crippen LogP contribution in [0.25, 0.3) is 0 Å². The lowest BCUT2D eigenvalue weighted by atomic mass is 10.1. The van der Waals surface area contributed by atoms with Gasteiger partial charge in [-0.15, -0.1) is 0 Å². The standard InChI is InChI=1S/C17H19NO3/c1-13(14-5-3-2-4-6-14)21-17(19)11-12-20-16-9-7-15(18)8-10-16/h2-10,13H,11-12,18H2,1H3. The maximum Gasteiger partial charge on any atom is 0.309 e. The molecule has 110 valence electrons. The smallest absolute Gasteiger partial charge is 0.309 e. The Bertz CT molecular complexity index is 566. The summed E-state index contributed by atoms with van der Waals surface area (Å²) in [6.07, 6.45) is -0.0446. The van der Waals surface area contributed by atoms with Gasteiger partial charge in [-0.25, -0.2) is 0 Å². The molecule has 0 aliphatic rings. The molecule has 1 unspecified atom stereocenters. The van der Waals surface area contributed by atoms with Crippen LogP contribution in [0.4, 0.5) is 5.69 Å². The van der Waals surface area contributed by atoms with Crippen LogP contribution in [0.1, 0.15) is 25.0 Å². The second-order valence-corrected chi connectivity index (χ2v) is 4.71. The van der Waals surface area contributed by atoms with Gasteiger partial charge in [0.15, 0.2) is 0 Å². The zero-order valence-corrected chi connectivity index (χ0v) is 12.0. The van der Waals surface area contributed by atoms with Crippen LogP contribution in [0.3, 0.4) is 0 Å². The number of esters is 1. The molecule has 0 saturated heterocycles. The SMILES string of the molecule is CC(OC(=O)CCOc1ccc(N)cc1)c1ccccc1. The van der Waals surface area contributed by atoms with Crippen LogP contribution >= 0.6 is 0 Å². The van der Waals surface area contributed by atoms with Crippen molar-refractivity contribution in [2.45, 2.75) is 19.4 Å². The highest BCUT2D eigenvalue weighted by molar-refractivity contribution is 5.69. The van der Waals surface area contributed by atoms with E-state index in [1.165, 1.54) is 0 Å². The summed E-state index contributed by atoms with van der Waals surface area (Å²) < 4.78 is 10.8. The second kappa shape index (κ2) is 7.33. The van der Waals surface area contributed by atoms with Gasteiger partial charge in [0.25, 0.3) is 0 Å². The number of hydrogen-bond donors (Lipinski definition) is 1. The van der Waals surface area contributed by atoms with Crippen molar-refractivity contribution in [3.63, 3.8) is 0 Å². The number of nitrogens with two attached hydrogens (primary N) is 1. The van der Waals surface area contributed by atoms with Crippen LogP contribution in [0, 0.1) is 0 Å². The average Bonchev–Trinajstić information content (AvgIpc) is 2.50. The van der Waals surface area contributed by atoms with E-state index in [2.05, 4.69) is 0 Å². The summed E-state index contributed by atoms with van der Waals surface area (Å²) in [5.74, 6) is 0.412. The Kier molecular flexibility index (Phi) is 5.21. The Morgan fingerprint density at radius 2 is 1.76 bits per heavy atom. The molecular formula is C17H19NO3. The third-order valence-electron chi connectivity index (χ3n) is 3.03. The van der Waals surface area contributed by atoms with Crippen molar-refractivity contribution >= 4 is 11.7 Å². The quantitative estimate of drug-likeness (QED) is 0.653. The van der Waals surface area contributed by atoms with Gasteiger partial charge < -0.3 is 15.2 Å². The molecule has 4 heteroatoms. The zero-order valence-electron chi connectivity index (χ0n) is 12.0. The highest BCUT2D eigenvalue weighted by atomic mass is 16.5. The van der Waals surface area contributed by atoms with Gasteiger partial charge in [0, 0.05) is 5.69 Å². The number of carbonyl (C=O) groups excluding carboxylic acids is 1. The molecule has 0 spiro atoms. The second-order valence-electron chi connectivity index (χ2n) is 4.71. The minimum absolute atomic E-state index is 0.210. The van der Waals surface area contributed by atoms with Crippen molar-refractivity contribution < 1.29 is 14.3 Å². The van der Waals surface area contributed by atoms with E-state index in [1.807, 2.05) is 37.3 Å². The molecule has 4 nitrogen and oxygen atoms in total. The van der Waals surface area contributed by atoms with Crippen LogP contribution < -0.4 is 10.5 Å². The molecule has 1 atom stereocenters. The van der Waals surface area contributed by atoms with Gasteiger partial charge in [-0.1, -0.05) is 30.3 Å². The van der Waals surface area contributed by atoms with Crippen molar-refractivity contribution in [3.8, 4) is 5.75 Å². The van der Waals surface area contributed by atoms with Crippen molar-refractivity contribution in [1.29, 1.82) is 0 Å². The molecule has 2 N–H and O–H groups in total. The third kappa shape index (κ3) is 4.84. The Morgan fingerprint density at radius 1 is 1.10 bits per heavy atom. The van der Waals surface area contributed by atoms with Crippen LogP contribution in [0.2, 0.25) is 0 Å². The summed E-state index contributed by atoms with van der Waals surface area (Å²) in [5.41, 5.74) is 7.24. The molecule has 0 bridgehead atoms. The summed E-state index contributed by atoms with van der Waals surface area (Å²) in [6.45, 7) is 2.14. The summed E-state index contributed by atoms with van der Waals surface area (Å²) in [6, 6.07) is 16.7. The van der Waals surface area contributed by atoms with Crippen LogP contribution in [0.5, 0.6) is 5.75 Å². The molecule has 0 aliphatic heterocycles. The summed E-state index contributed by atoms with van der Waals surface area (Å²) in [7, 11) is 0. The van der Waals surface area contributed by atoms with Gasteiger partial charge in [0.1, 0.15) is 11.9 Å². The average molecular weight is 285 g/mol. The highest BCUT2D eigenvalue weighted by Gasteiger charge is 2.11. The fraction of sp³-hybridized carbons (Fsp3) is 0.235. The molecule has 0 aliphatic carbocycles. The topological polar surface area (TPSA) is 61.5 Å². The number of carbonyl (C=O) groups is 1. The summed E-state index contributed by atoms with van der Waals surface area (Å²) in [4.78, 5) is 11.7. The normalized spacial score (nSPS) is 11.7. The minimum atomic E-state index is -0.276. The predicted molar refractivity (Wildman–Crippen MR) is 81.9 cm³/mol. The molecule has 21 heavy (non-hydrogen) atoms. The molecule has 2 rings (SSSR count). The first-order chi connectivity index (χ1) is 10.1. The monoisotopic (exact) mass is 285 g/mol. The van der Waals surface area contributed by atoms with Gasteiger partial charge in [-0.2, -0.15) is 0 Å². The van der Waals surface area contributed by atoms with Gasteiger partial charge in [-0.05, 0) is 36.8 Å². The number of ether oxygens (including phenoxy) is 2. The van der Waals surface area contributed by atoms with E-state index >= 15 is 0 Å². The Hall–Kier alpha value is -2.49. The number of nitrogen functional groups attached to an aromatic ring is 1. The first-order valence-corrected chi connectivity index (χ1v) is 6.88. The van der Waals surface area contributed by atoms with Crippen molar-refractivity contribution in [2.75, 3.05) is 12.3 Å². The first kappa shape index (κ1) is 14.9. The summed E-state index contributed by atoms with van der Waals surface area (Å²) in [5, 5.41) is 0. The van der Waals surface area contributed by atoms with Crippen LogP contribution in [0.15, 0.2) is 54.6 Å². The molecule has 0 fully saturated rings. The van der Waals surface area contributed by atoms with Gasteiger partial charge >= 0.3 is 5.97 Å². The molecular weight excluding hydrogens is 266 g/mol. The molecule has 2 aromatic rings. The lowest BCUT2D eigenvalue weighted by Crippen LogP contribution is -2.12. The Labute approximate surface area is 124 Å². The number of anilines is 1. The van der Waals surface area contributed by atoms with Gasteiger partial charge in [-0.3, -0.25) is 4.79 Å². The van der Waals surface area contributed by atoms with E-state index in [1.54, 1.807) is 24.3 Å². The lowest BCUT2D eigenvalue weighted by molar-refractivity contribution is -0.149. The molecule has 0 radical (unpaired) electrons. The lowest BCUT2D eigenvalue weighted by Gasteiger charge is -2.13. The van der Waals surface area contributed by atoms with Crippen LogP contribution in [-0.2, 0) is 9.53 Å². The fourth-order valence-electron chi connectivity index (χ4n) is 1.86. The van der Waals surface area contributed by atoms with Crippen molar-refractivity contribution in [1.82, 2.24) is 0 Å². The number of benzene rings is 2. The first-order valence-electron chi connectivity index (χ1n) is 6.88. The van der Waals surface area contributed by atoms with Crippen molar-refractivity contribution in [2.24, 2.45) is 0 Å². The zero-order chi connectivity index (χ0) is 15.1. The van der Waals surface area contributed by atoms with Crippen molar-refractivity contribution in [3.05, 3.63) is 60.2 Å². The molecule has 0 aromatic heterocycles. The Morgan fingerprint density at radius 3 is 2.43 bits per heavy atom. The number of hydrogen-bond acceptors (Lipinski definition) is 4. The fourth-order valence-corrected chi connectivity index (χ4v) is 1.86.